The van der Waals surface area contributed by atoms with Gasteiger partial charge in [0, 0.05) is 5.92 Å². The molecule has 0 spiro atoms. The van der Waals surface area contributed by atoms with Crippen molar-refractivity contribution in [3.8, 4) is 16.9 Å². The number of alkyl carbamates (subject to hydrolysis) is 1. The van der Waals surface area contributed by atoms with Gasteiger partial charge in [-0.2, -0.15) is 0 Å². The number of hydrogen-bond acceptors (Lipinski definition) is 5. The van der Waals surface area contributed by atoms with Gasteiger partial charge in [0.25, 0.3) is 0 Å². The van der Waals surface area contributed by atoms with Crippen LogP contribution in [0.3, 0.4) is 0 Å². The number of rotatable bonds is 6. The van der Waals surface area contributed by atoms with Crippen molar-refractivity contribution in [2.75, 3.05) is 13.2 Å². The molecule has 6 rings (SSSR count). The molecule has 2 aliphatic carbocycles. The second kappa shape index (κ2) is 10.1. The molecule has 0 unspecified atom stereocenters. The van der Waals surface area contributed by atoms with E-state index in [1.165, 1.54) is 11.1 Å². The molecule has 0 aromatic heterocycles. The molecule has 0 aliphatic heterocycles. The number of carbonyl (C=O) groups is 2. The van der Waals surface area contributed by atoms with E-state index in [0.29, 0.717) is 5.75 Å². The van der Waals surface area contributed by atoms with Gasteiger partial charge in [-0.25, -0.2) is 4.79 Å². The number of hydrogen-bond donors (Lipinski definition) is 1. The van der Waals surface area contributed by atoms with Gasteiger partial charge in [0.2, 0.25) is 0 Å². The lowest BCUT2D eigenvalue weighted by Crippen LogP contribution is -2.31. The molecule has 1 N–H and O–H groups in total. The maximum atomic E-state index is 13.2. The van der Waals surface area contributed by atoms with Crippen molar-refractivity contribution in [1.29, 1.82) is 0 Å². The number of fused-ring (bicyclic) bond motifs is 5. The Bertz CT molecular complexity index is 1480. The van der Waals surface area contributed by atoms with Crippen LogP contribution in [0.25, 0.3) is 11.1 Å². The van der Waals surface area contributed by atoms with Crippen LogP contribution in [0.1, 0.15) is 45.3 Å². The molecule has 0 radical (unpaired) electrons. The second-order valence-corrected chi connectivity index (χ2v) is 9.62. The fraction of sp³-hybridized carbons (Fsp3) is 0.188. The number of amides is 1. The maximum Gasteiger partial charge on any atom is 0.407 e. The first-order valence-corrected chi connectivity index (χ1v) is 12.7. The van der Waals surface area contributed by atoms with Crippen LogP contribution in [0.4, 0.5) is 4.79 Å². The molecule has 0 fully saturated rings. The van der Waals surface area contributed by atoms with Gasteiger partial charge in [0.1, 0.15) is 19.0 Å². The van der Waals surface area contributed by atoms with Gasteiger partial charge in [0.05, 0.1) is 12.0 Å². The maximum absolute atomic E-state index is 13.2. The third-order valence-electron chi connectivity index (χ3n) is 7.42. The van der Waals surface area contributed by atoms with E-state index in [2.05, 4.69) is 35.6 Å². The average Bonchev–Trinajstić information content (AvgIpc) is 3.18. The fourth-order valence-electron chi connectivity index (χ4n) is 5.71. The monoisotopic (exact) mass is 504 g/mol. The van der Waals surface area contributed by atoms with Crippen molar-refractivity contribution in [2.45, 2.75) is 24.8 Å². The highest BCUT2D eigenvalue weighted by Gasteiger charge is 2.30. The first-order chi connectivity index (χ1) is 18.6. The van der Waals surface area contributed by atoms with Crippen LogP contribution in [0, 0.1) is 0 Å². The predicted octanol–water partition coefficient (Wildman–Crippen LogP) is 4.54. The number of benzene rings is 4. The van der Waals surface area contributed by atoms with Gasteiger partial charge in [-0.3, -0.25) is 0 Å². The Kier molecular flexibility index (Phi) is 6.30. The molecule has 4 aromatic rings. The smallest absolute Gasteiger partial charge is 0.407 e. The number of nitrogens with one attached hydrogen (secondary N) is 1. The minimum absolute atomic E-state index is 0.0229. The predicted molar refractivity (Wildman–Crippen MR) is 141 cm³/mol. The Balaban J connectivity index is 1.24. The summed E-state index contributed by atoms with van der Waals surface area (Å²) in [4.78, 5) is 24.1. The normalized spacial score (nSPS) is 15.3. The summed E-state index contributed by atoms with van der Waals surface area (Å²) in [7, 11) is 0. The van der Waals surface area contributed by atoms with Crippen LogP contribution in [0.15, 0.2) is 91.0 Å². The Hall–Kier alpha value is -4.58. The SMILES string of the molecule is O=C([O-])COc1ccc2c(c1)CCc1ccccc1[C@@H]2NC(=O)OCC1c2ccccc2-c2ccccc21. The summed E-state index contributed by atoms with van der Waals surface area (Å²) >= 11 is 0. The standard InChI is InChI=1S/C32H27NO5/c34-30(35)19-37-22-15-16-24-21(17-22)14-13-20-7-1-2-8-23(20)31(24)33-32(36)38-18-29-27-11-5-3-9-25(27)26-10-4-6-12-28(26)29/h1-12,15-17,29,31H,13-14,18-19H2,(H,33,36)(H,34,35)/p-1/t31-/m0/s1. The summed E-state index contributed by atoms with van der Waals surface area (Å²) in [5, 5.41) is 13.9. The second-order valence-electron chi connectivity index (χ2n) is 9.62. The van der Waals surface area contributed by atoms with E-state index in [1.807, 2.05) is 54.6 Å². The Morgan fingerprint density at radius 1 is 0.763 bits per heavy atom. The number of aryl methyl sites for hydroxylation is 2. The van der Waals surface area contributed by atoms with Gasteiger partial charge in [-0.1, -0.05) is 78.9 Å². The highest BCUT2D eigenvalue weighted by molar-refractivity contribution is 5.79. The van der Waals surface area contributed by atoms with E-state index in [0.717, 1.165) is 46.2 Å². The van der Waals surface area contributed by atoms with E-state index >= 15 is 0 Å². The third-order valence-corrected chi connectivity index (χ3v) is 7.42. The lowest BCUT2D eigenvalue weighted by molar-refractivity contribution is -0.307. The first-order valence-electron chi connectivity index (χ1n) is 12.7. The summed E-state index contributed by atoms with van der Waals surface area (Å²) in [6.45, 7) is -0.280. The van der Waals surface area contributed by atoms with Crippen molar-refractivity contribution >= 4 is 12.1 Å². The quantitative estimate of drug-likeness (QED) is 0.417. The summed E-state index contributed by atoms with van der Waals surface area (Å²) < 4.78 is 11.2. The number of carboxylic acids is 1. The Morgan fingerprint density at radius 3 is 2.08 bits per heavy atom. The molecule has 2 aliphatic rings. The van der Waals surface area contributed by atoms with Crippen LogP contribution in [0.5, 0.6) is 5.75 Å². The van der Waals surface area contributed by atoms with Crippen LogP contribution < -0.4 is 15.2 Å². The molecule has 0 heterocycles. The Labute approximate surface area is 220 Å². The zero-order chi connectivity index (χ0) is 26.1. The van der Waals surface area contributed by atoms with Crippen LogP contribution in [0.2, 0.25) is 0 Å². The largest absolute Gasteiger partial charge is 0.546 e. The molecular formula is C32H26NO5-. The molecule has 0 saturated heterocycles. The highest BCUT2D eigenvalue weighted by atomic mass is 16.5. The van der Waals surface area contributed by atoms with Crippen molar-refractivity contribution in [3.05, 3.63) is 124 Å². The Morgan fingerprint density at radius 2 is 1.37 bits per heavy atom. The molecule has 0 bridgehead atoms. The number of ether oxygens (including phenoxy) is 2. The number of aliphatic carboxylic acids is 1. The van der Waals surface area contributed by atoms with Crippen LogP contribution in [-0.4, -0.2) is 25.3 Å². The summed E-state index contributed by atoms with van der Waals surface area (Å²) in [6, 6.07) is 29.6. The fourth-order valence-corrected chi connectivity index (χ4v) is 5.71. The molecule has 0 saturated carbocycles. The van der Waals surface area contributed by atoms with Crippen molar-refractivity contribution in [2.24, 2.45) is 0 Å². The lowest BCUT2D eigenvalue weighted by atomic mass is 9.94. The zero-order valence-electron chi connectivity index (χ0n) is 20.7. The molecule has 6 nitrogen and oxygen atoms in total. The molecule has 6 heteroatoms. The molecular weight excluding hydrogens is 478 g/mol. The molecule has 1 amide bonds. The van der Waals surface area contributed by atoms with Gasteiger partial charge >= 0.3 is 6.09 Å². The van der Waals surface area contributed by atoms with Gasteiger partial charge in [0.15, 0.2) is 0 Å². The van der Waals surface area contributed by atoms with Gasteiger partial charge < -0.3 is 24.7 Å². The minimum atomic E-state index is -1.28. The van der Waals surface area contributed by atoms with Crippen LogP contribution in [-0.2, 0) is 22.4 Å². The third kappa shape index (κ3) is 4.50. The summed E-state index contributed by atoms with van der Waals surface area (Å²) in [5.41, 5.74) is 8.77. The van der Waals surface area contributed by atoms with Gasteiger partial charge in [-0.15, -0.1) is 0 Å². The van der Waals surface area contributed by atoms with E-state index in [9.17, 15) is 14.7 Å². The van der Waals surface area contributed by atoms with E-state index in [4.69, 9.17) is 9.47 Å². The number of carboxylic acid groups (broad SMARTS) is 1. The first kappa shape index (κ1) is 23.8. The number of carbonyl (C=O) groups excluding carboxylic acids is 2. The van der Waals surface area contributed by atoms with Crippen LogP contribution >= 0.6 is 0 Å². The van der Waals surface area contributed by atoms with E-state index in [1.54, 1.807) is 6.07 Å². The van der Waals surface area contributed by atoms with Crippen molar-refractivity contribution < 1.29 is 24.2 Å². The summed E-state index contributed by atoms with van der Waals surface area (Å²) in [5.74, 6) is -0.841. The summed E-state index contributed by atoms with van der Waals surface area (Å²) in [6.07, 6.45) is 1.03. The van der Waals surface area contributed by atoms with E-state index in [-0.39, 0.29) is 12.5 Å². The minimum Gasteiger partial charge on any atom is -0.546 e. The van der Waals surface area contributed by atoms with Crippen molar-refractivity contribution in [1.82, 2.24) is 5.32 Å². The van der Waals surface area contributed by atoms with Crippen molar-refractivity contribution in [3.63, 3.8) is 0 Å². The van der Waals surface area contributed by atoms with E-state index < -0.39 is 24.7 Å². The molecule has 4 aromatic carbocycles. The highest BCUT2D eigenvalue weighted by Crippen LogP contribution is 2.44. The van der Waals surface area contributed by atoms with Gasteiger partial charge in [-0.05, 0) is 69.5 Å². The zero-order valence-corrected chi connectivity index (χ0v) is 20.7. The molecule has 38 heavy (non-hydrogen) atoms. The molecule has 1 atom stereocenters. The lowest BCUT2D eigenvalue weighted by Gasteiger charge is -2.23. The average molecular weight is 505 g/mol. The topological polar surface area (TPSA) is 87.7 Å². The molecule has 190 valence electrons.